The number of carboxylic acids is 1. The number of hydrogen-bond donors (Lipinski definition) is 1. The molecule has 0 bridgehead atoms. The predicted octanol–water partition coefficient (Wildman–Crippen LogP) is 0.870. The minimum absolute atomic E-state index is 0.0436. The molecule has 2 saturated heterocycles. The second-order valence-electron chi connectivity index (χ2n) is 7.00. The molecule has 2 amide bonds. The summed E-state index contributed by atoms with van der Waals surface area (Å²) < 4.78 is 5.22. The van der Waals surface area contributed by atoms with Crippen molar-refractivity contribution < 1.29 is 24.2 Å². The van der Waals surface area contributed by atoms with Gasteiger partial charge in [-0.15, -0.1) is 0 Å². The molecular weight excluding hydrogens is 312 g/mol. The summed E-state index contributed by atoms with van der Waals surface area (Å²) in [5.41, 5.74) is 0. The average Bonchev–Trinajstić information content (AvgIpc) is 3.00. The molecule has 3 fully saturated rings. The minimum atomic E-state index is -0.919. The van der Waals surface area contributed by atoms with Gasteiger partial charge in [-0.1, -0.05) is 12.8 Å². The normalized spacial score (nSPS) is 30.1. The molecule has 1 aliphatic carbocycles. The Morgan fingerprint density at radius 3 is 2.38 bits per heavy atom. The third-order valence-corrected chi connectivity index (χ3v) is 5.58. The lowest BCUT2D eigenvalue weighted by Crippen LogP contribution is -2.47. The quantitative estimate of drug-likeness (QED) is 0.822. The molecule has 3 rings (SSSR count). The second-order valence-corrected chi connectivity index (χ2v) is 7.00. The largest absolute Gasteiger partial charge is 0.480 e. The number of carbonyl (C=O) groups excluding carboxylic acids is 2. The Balaban J connectivity index is 1.59. The molecule has 0 spiro atoms. The van der Waals surface area contributed by atoms with Crippen molar-refractivity contribution in [2.75, 3.05) is 26.3 Å². The summed E-state index contributed by atoms with van der Waals surface area (Å²) in [7, 11) is 0. The van der Waals surface area contributed by atoms with Gasteiger partial charge in [-0.05, 0) is 25.2 Å². The number of ether oxygens (including phenoxy) is 1. The van der Waals surface area contributed by atoms with Crippen LogP contribution in [0.2, 0.25) is 0 Å². The van der Waals surface area contributed by atoms with Crippen LogP contribution in [0.3, 0.4) is 0 Å². The van der Waals surface area contributed by atoms with Gasteiger partial charge in [0.15, 0.2) is 0 Å². The fourth-order valence-electron chi connectivity index (χ4n) is 4.35. The lowest BCUT2D eigenvalue weighted by atomic mass is 9.84. The first-order chi connectivity index (χ1) is 11.6. The van der Waals surface area contributed by atoms with Crippen molar-refractivity contribution in [1.29, 1.82) is 0 Å². The molecule has 0 radical (unpaired) electrons. The zero-order valence-electron chi connectivity index (χ0n) is 14.0. The van der Waals surface area contributed by atoms with E-state index in [9.17, 15) is 19.5 Å². The van der Waals surface area contributed by atoms with Crippen LogP contribution < -0.4 is 0 Å². The van der Waals surface area contributed by atoms with Gasteiger partial charge in [0, 0.05) is 32.0 Å². The van der Waals surface area contributed by atoms with Crippen molar-refractivity contribution in [2.24, 2.45) is 5.92 Å². The average molecular weight is 338 g/mol. The number of nitrogens with zero attached hydrogens (tertiary/aromatic N) is 2. The van der Waals surface area contributed by atoms with Crippen LogP contribution in [0.4, 0.5) is 0 Å². The summed E-state index contributed by atoms with van der Waals surface area (Å²) in [5.74, 6) is -0.840. The van der Waals surface area contributed by atoms with Gasteiger partial charge in [0.25, 0.3) is 0 Å². The Hall–Kier alpha value is -1.63. The number of morpholine rings is 1. The summed E-state index contributed by atoms with van der Waals surface area (Å²) in [5, 5.41) is 9.48. The lowest BCUT2D eigenvalue weighted by Gasteiger charge is -2.33. The van der Waals surface area contributed by atoms with Crippen LogP contribution in [-0.2, 0) is 19.1 Å². The summed E-state index contributed by atoms with van der Waals surface area (Å²) in [4.78, 5) is 39.7. The zero-order valence-corrected chi connectivity index (χ0v) is 14.0. The highest BCUT2D eigenvalue weighted by atomic mass is 16.5. The van der Waals surface area contributed by atoms with E-state index >= 15 is 0 Å². The van der Waals surface area contributed by atoms with Gasteiger partial charge >= 0.3 is 5.97 Å². The van der Waals surface area contributed by atoms with Gasteiger partial charge in [-0.25, -0.2) is 4.79 Å². The molecule has 0 aromatic heterocycles. The van der Waals surface area contributed by atoms with Gasteiger partial charge in [0.2, 0.25) is 11.8 Å². The Kier molecular flexibility index (Phi) is 5.38. The molecule has 7 heteroatoms. The van der Waals surface area contributed by atoms with Gasteiger partial charge in [0.1, 0.15) is 6.04 Å². The number of fused-ring (bicyclic) bond motifs is 1. The van der Waals surface area contributed by atoms with E-state index in [2.05, 4.69) is 0 Å². The van der Waals surface area contributed by atoms with Crippen LogP contribution in [0.5, 0.6) is 0 Å². The minimum Gasteiger partial charge on any atom is -0.480 e. The van der Waals surface area contributed by atoms with E-state index < -0.39 is 12.0 Å². The molecule has 0 aromatic carbocycles. The number of aliphatic carboxylic acids is 1. The third kappa shape index (κ3) is 3.55. The van der Waals surface area contributed by atoms with E-state index in [1.54, 1.807) is 9.80 Å². The predicted molar refractivity (Wildman–Crippen MR) is 85.3 cm³/mol. The Bertz CT molecular complexity index is 503. The van der Waals surface area contributed by atoms with Gasteiger partial charge in [-0.3, -0.25) is 9.59 Å². The zero-order chi connectivity index (χ0) is 17.1. The number of likely N-dealkylation sites (tertiary alicyclic amines) is 1. The molecule has 1 N–H and O–H groups in total. The molecule has 0 aromatic rings. The topological polar surface area (TPSA) is 87.2 Å². The van der Waals surface area contributed by atoms with E-state index in [1.165, 1.54) is 0 Å². The molecule has 24 heavy (non-hydrogen) atoms. The molecule has 3 aliphatic rings. The standard InChI is InChI=1S/C17H26N2O5/c20-15(18-7-9-24-10-8-18)5-6-16(21)19-13-4-2-1-3-12(13)11-14(19)17(22)23/h12-14H,1-11H2,(H,22,23). The van der Waals surface area contributed by atoms with Crippen molar-refractivity contribution >= 4 is 17.8 Å². The second kappa shape index (κ2) is 7.51. The maximum Gasteiger partial charge on any atom is 0.326 e. The SMILES string of the molecule is O=C(O)C1CC2CCCCC2N1C(=O)CCC(=O)N1CCOCC1. The lowest BCUT2D eigenvalue weighted by molar-refractivity contribution is -0.150. The Morgan fingerprint density at radius 2 is 1.67 bits per heavy atom. The molecule has 2 heterocycles. The van der Waals surface area contributed by atoms with Crippen LogP contribution in [-0.4, -0.2) is 71.1 Å². The fraction of sp³-hybridized carbons (Fsp3) is 0.824. The number of rotatable bonds is 4. The Labute approximate surface area is 141 Å². The molecule has 1 saturated carbocycles. The van der Waals surface area contributed by atoms with Crippen molar-refractivity contribution in [2.45, 2.75) is 57.0 Å². The maximum absolute atomic E-state index is 12.7. The first-order valence-corrected chi connectivity index (χ1v) is 8.97. The highest BCUT2D eigenvalue weighted by Crippen LogP contribution is 2.40. The number of amides is 2. The maximum atomic E-state index is 12.7. The van der Waals surface area contributed by atoms with Crippen molar-refractivity contribution in [3.8, 4) is 0 Å². The third-order valence-electron chi connectivity index (χ3n) is 5.58. The molecule has 3 atom stereocenters. The van der Waals surface area contributed by atoms with E-state index in [1.807, 2.05) is 0 Å². The molecule has 3 unspecified atom stereocenters. The fourth-order valence-corrected chi connectivity index (χ4v) is 4.35. The molecule has 2 aliphatic heterocycles. The molecule has 134 valence electrons. The van der Waals surface area contributed by atoms with Crippen LogP contribution in [0.15, 0.2) is 0 Å². The highest BCUT2D eigenvalue weighted by Gasteiger charge is 2.47. The van der Waals surface area contributed by atoms with Crippen LogP contribution in [0.25, 0.3) is 0 Å². The Morgan fingerprint density at radius 1 is 1.00 bits per heavy atom. The van der Waals surface area contributed by atoms with E-state index in [0.717, 1.165) is 25.7 Å². The monoisotopic (exact) mass is 338 g/mol. The molecular formula is C17H26N2O5. The van der Waals surface area contributed by atoms with Gasteiger partial charge < -0.3 is 19.6 Å². The van der Waals surface area contributed by atoms with E-state index in [-0.39, 0.29) is 30.7 Å². The summed E-state index contributed by atoms with van der Waals surface area (Å²) in [6, 6.07) is -0.671. The number of carbonyl (C=O) groups is 3. The number of carboxylic acid groups (broad SMARTS) is 1. The van der Waals surface area contributed by atoms with Crippen molar-refractivity contribution in [3.05, 3.63) is 0 Å². The van der Waals surface area contributed by atoms with Crippen LogP contribution >= 0.6 is 0 Å². The first kappa shape index (κ1) is 17.2. The van der Waals surface area contributed by atoms with Gasteiger partial charge in [0.05, 0.1) is 13.2 Å². The summed E-state index contributed by atoms with van der Waals surface area (Å²) in [6.07, 6.45) is 4.86. The van der Waals surface area contributed by atoms with Crippen LogP contribution in [0, 0.1) is 5.92 Å². The number of hydrogen-bond acceptors (Lipinski definition) is 4. The molecule has 7 nitrogen and oxygen atoms in total. The summed E-state index contributed by atoms with van der Waals surface area (Å²) >= 11 is 0. The van der Waals surface area contributed by atoms with E-state index in [0.29, 0.717) is 38.6 Å². The van der Waals surface area contributed by atoms with Gasteiger partial charge in [-0.2, -0.15) is 0 Å². The van der Waals surface area contributed by atoms with E-state index in [4.69, 9.17) is 4.74 Å². The first-order valence-electron chi connectivity index (χ1n) is 8.97. The van der Waals surface area contributed by atoms with Crippen molar-refractivity contribution in [3.63, 3.8) is 0 Å². The highest BCUT2D eigenvalue weighted by molar-refractivity contribution is 5.88. The smallest absolute Gasteiger partial charge is 0.326 e. The van der Waals surface area contributed by atoms with Crippen molar-refractivity contribution in [1.82, 2.24) is 9.80 Å². The van der Waals surface area contributed by atoms with Crippen LogP contribution in [0.1, 0.15) is 44.9 Å². The summed E-state index contributed by atoms with van der Waals surface area (Å²) in [6.45, 7) is 2.21.